The lowest BCUT2D eigenvalue weighted by atomic mass is 10.1. The van der Waals surface area contributed by atoms with Gasteiger partial charge in [-0.3, -0.25) is 0 Å². The molecule has 0 fully saturated rings. The van der Waals surface area contributed by atoms with Crippen LogP contribution in [0.25, 0.3) is 0 Å². The number of nitrogens with zero attached hydrogens (tertiary/aromatic N) is 1. The van der Waals surface area contributed by atoms with Gasteiger partial charge in [-0.05, 0) is 26.7 Å². The van der Waals surface area contributed by atoms with E-state index in [0.29, 0.717) is 0 Å². The van der Waals surface area contributed by atoms with Crippen LogP contribution in [0.4, 0.5) is 0 Å². The minimum absolute atomic E-state index is 1.07. The van der Waals surface area contributed by atoms with Crippen molar-refractivity contribution in [3.05, 3.63) is 22.5 Å². The number of unbranched alkanes of at least 4 members (excludes halogenated alkanes) is 3. The molecule has 0 aromatic carbocycles. The van der Waals surface area contributed by atoms with E-state index in [9.17, 15) is 0 Å². The lowest BCUT2D eigenvalue weighted by Crippen LogP contribution is -1.85. The fourth-order valence-electron chi connectivity index (χ4n) is 1.44. The van der Waals surface area contributed by atoms with E-state index in [-0.39, 0.29) is 0 Å². The quantitative estimate of drug-likeness (QED) is 0.654. The molecule has 13 heavy (non-hydrogen) atoms. The van der Waals surface area contributed by atoms with Gasteiger partial charge in [0.1, 0.15) is 0 Å². The average molecular weight is 196 g/mol. The van der Waals surface area contributed by atoms with Crippen molar-refractivity contribution in [2.24, 2.45) is 0 Å². The minimum Gasteiger partial charge on any atom is -0.247 e. The van der Waals surface area contributed by atoms with Crippen molar-refractivity contribution in [2.45, 2.75) is 46.0 Å². The highest BCUT2D eigenvalue weighted by Crippen LogP contribution is 2.19. The van der Waals surface area contributed by atoms with Crippen molar-refractivity contribution in [1.29, 1.82) is 0 Å². The molecule has 0 N–H and O–H groups in total. The van der Waals surface area contributed by atoms with Gasteiger partial charge < -0.3 is 0 Å². The Hall–Kier alpha value is -0.370. The smallest absolute Gasteiger partial charge is 0.0900 e. The molecule has 1 aromatic heterocycles. The maximum absolute atomic E-state index is 4.42. The zero-order valence-electron chi connectivity index (χ0n) is 8.60. The molecule has 1 rings (SSSR count). The molecular weight excluding hydrogens is 178 g/mol. The van der Waals surface area contributed by atoms with Gasteiger partial charge in [-0.1, -0.05) is 26.2 Å². The number of hydrogen-bond donors (Lipinski definition) is 0. The summed E-state index contributed by atoms with van der Waals surface area (Å²) in [6.45, 7) is 8.03. The van der Waals surface area contributed by atoms with Gasteiger partial charge in [0.2, 0.25) is 0 Å². The summed E-state index contributed by atoms with van der Waals surface area (Å²) in [4.78, 5) is 5.89. The normalized spacial score (nSPS) is 10.7. The molecule has 0 atom stereocenters. The van der Waals surface area contributed by atoms with Gasteiger partial charge in [-0.15, -0.1) is 11.3 Å². The largest absolute Gasteiger partial charge is 0.247 e. The minimum atomic E-state index is 1.07. The lowest BCUT2D eigenvalue weighted by molar-refractivity contribution is 0.688. The van der Waals surface area contributed by atoms with E-state index < -0.39 is 0 Å². The fraction of sp³-hybridized carbons (Fsp3) is 0.636. The average Bonchev–Trinajstić information content (AvgIpc) is 2.39. The number of aryl methyl sites for hydroxylation is 3. The molecular formula is C11H18NS. The third-order valence-corrected chi connectivity index (χ3v) is 3.29. The van der Waals surface area contributed by atoms with Crippen LogP contribution in [0.1, 0.15) is 41.3 Å². The van der Waals surface area contributed by atoms with E-state index in [2.05, 4.69) is 25.8 Å². The monoisotopic (exact) mass is 196 g/mol. The number of aromatic nitrogens is 1. The predicted octanol–water partition coefficient (Wildman–Crippen LogP) is 3.70. The number of hydrogen-bond acceptors (Lipinski definition) is 2. The molecule has 0 spiro atoms. The van der Waals surface area contributed by atoms with Gasteiger partial charge in [0.25, 0.3) is 0 Å². The van der Waals surface area contributed by atoms with Gasteiger partial charge in [0.15, 0.2) is 0 Å². The Kier molecular flexibility index (Phi) is 4.43. The first-order valence-electron chi connectivity index (χ1n) is 4.96. The van der Waals surface area contributed by atoms with Crippen LogP contribution >= 0.6 is 11.3 Å². The molecule has 0 aliphatic carbocycles. The first-order valence-corrected chi connectivity index (χ1v) is 5.78. The Bertz CT molecular complexity index is 253. The van der Waals surface area contributed by atoms with E-state index in [0.717, 1.165) is 6.42 Å². The van der Waals surface area contributed by atoms with E-state index in [1.54, 1.807) is 0 Å². The van der Waals surface area contributed by atoms with Gasteiger partial charge in [0.05, 0.1) is 10.7 Å². The summed E-state index contributed by atoms with van der Waals surface area (Å²) >= 11 is 1.85. The second-order valence-corrected chi connectivity index (χ2v) is 4.69. The SMILES string of the molecule is [CH2]CCCCCc1sc(C)nc1C. The molecule has 0 aliphatic heterocycles. The maximum Gasteiger partial charge on any atom is 0.0900 e. The molecule has 2 heteroatoms. The Morgan fingerprint density at radius 1 is 1.23 bits per heavy atom. The third-order valence-electron chi connectivity index (χ3n) is 2.15. The van der Waals surface area contributed by atoms with Crippen LogP contribution in [0.2, 0.25) is 0 Å². The van der Waals surface area contributed by atoms with Crippen LogP contribution in [-0.2, 0) is 6.42 Å². The molecule has 0 saturated carbocycles. The Morgan fingerprint density at radius 3 is 2.54 bits per heavy atom. The first kappa shape index (κ1) is 10.7. The summed E-state index contributed by atoms with van der Waals surface area (Å²) in [5.74, 6) is 0. The molecule has 1 nitrogen and oxygen atoms in total. The summed E-state index contributed by atoms with van der Waals surface area (Å²) in [5.41, 5.74) is 1.23. The molecule has 0 unspecified atom stereocenters. The predicted molar refractivity (Wildman–Crippen MR) is 59.1 cm³/mol. The second kappa shape index (κ2) is 5.38. The van der Waals surface area contributed by atoms with Crippen LogP contribution in [0.15, 0.2) is 0 Å². The van der Waals surface area contributed by atoms with Crippen LogP contribution in [0.3, 0.4) is 0 Å². The van der Waals surface area contributed by atoms with E-state index >= 15 is 0 Å². The summed E-state index contributed by atoms with van der Waals surface area (Å²) in [7, 11) is 0. The van der Waals surface area contributed by atoms with Crippen LogP contribution in [-0.4, -0.2) is 4.98 Å². The van der Waals surface area contributed by atoms with Crippen molar-refractivity contribution in [3.63, 3.8) is 0 Å². The molecule has 1 heterocycles. The van der Waals surface area contributed by atoms with Crippen molar-refractivity contribution in [3.8, 4) is 0 Å². The molecule has 1 radical (unpaired) electrons. The van der Waals surface area contributed by atoms with Crippen molar-refractivity contribution in [1.82, 2.24) is 4.98 Å². The van der Waals surface area contributed by atoms with E-state index in [1.807, 2.05) is 11.3 Å². The summed E-state index contributed by atoms with van der Waals surface area (Å²) in [5, 5.41) is 1.20. The summed E-state index contributed by atoms with van der Waals surface area (Å²) in [6, 6.07) is 0. The van der Waals surface area contributed by atoms with Gasteiger partial charge in [-0.2, -0.15) is 0 Å². The molecule has 0 amide bonds. The van der Waals surface area contributed by atoms with Gasteiger partial charge in [0, 0.05) is 4.88 Å². The number of thiazole rings is 1. The molecule has 0 aliphatic rings. The first-order chi connectivity index (χ1) is 6.24. The second-order valence-electron chi connectivity index (χ2n) is 3.41. The van der Waals surface area contributed by atoms with Crippen molar-refractivity contribution >= 4 is 11.3 Å². The maximum atomic E-state index is 4.42. The highest BCUT2D eigenvalue weighted by Gasteiger charge is 2.03. The van der Waals surface area contributed by atoms with Crippen LogP contribution in [0.5, 0.6) is 0 Å². The molecule has 1 aromatic rings. The summed E-state index contributed by atoms with van der Waals surface area (Å²) in [6.07, 6.45) is 6.13. The highest BCUT2D eigenvalue weighted by atomic mass is 32.1. The number of rotatable bonds is 5. The third kappa shape index (κ3) is 3.47. The zero-order chi connectivity index (χ0) is 9.68. The van der Waals surface area contributed by atoms with Crippen LogP contribution < -0.4 is 0 Å². The Balaban J connectivity index is 2.32. The van der Waals surface area contributed by atoms with Gasteiger partial charge >= 0.3 is 0 Å². The molecule has 0 saturated heterocycles. The Morgan fingerprint density at radius 2 is 2.00 bits per heavy atom. The van der Waals surface area contributed by atoms with Crippen LogP contribution in [0, 0.1) is 20.8 Å². The van der Waals surface area contributed by atoms with Gasteiger partial charge in [-0.25, -0.2) is 4.98 Å². The van der Waals surface area contributed by atoms with Crippen molar-refractivity contribution in [2.75, 3.05) is 0 Å². The highest BCUT2D eigenvalue weighted by molar-refractivity contribution is 7.11. The summed E-state index contributed by atoms with van der Waals surface area (Å²) < 4.78 is 0. The molecule has 73 valence electrons. The topological polar surface area (TPSA) is 12.9 Å². The van der Waals surface area contributed by atoms with E-state index in [1.165, 1.54) is 41.3 Å². The molecule has 0 bridgehead atoms. The standard InChI is InChI=1S/C11H18NS/c1-4-5-6-7-8-11-9(2)12-10(3)13-11/h1,4-8H2,2-3H3. The Labute approximate surface area is 85.2 Å². The van der Waals surface area contributed by atoms with E-state index in [4.69, 9.17) is 0 Å². The van der Waals surface area contributed by atoms with Crippen molar-refractivity contribution < 1.29 is 0 Å². The zero-order valence-corrected chi connectivity index (χ0v) is 9.41. The fourth-order valence-corrected chi connectivity index (χ4v) is 2.42. The lowest BCUT2D eigenvalue weighted by Gasteiger charge is -1.97.